The van der Waals surface area contributed by atoms with E-state index in [9.17, 15) is 18.9 Å². The predicted molar refractivity (Wildman–Crippen MR) is 73.7 cm³/mol. The summed E-state index contributed by atoms with van der Waals surface area (Å²) in [4.78, 5) is 14.0. The Morgan fingerprint density at radius 3 is 2.86 bits per heavy atom. The van der Waals surface area contributed by atoms with E-state index >= 15 is 0 Å². The lowest BCUT2D eigenvalue weighted by Gasteiger charge is -2.38. The first-order valence-corrected chi connectivity index (χ1v) is 6.39. The standard InChI is InChI=1S/C13H15F2N3O4/c1-13(8-5-7(18(19)20)3-4-9(8)14)11(15)10(6-21-2)22-12(16)17-13/h3-5,10-11H,6H2,1-2H3,(H2,16,17)/t10-,11+,13-/m1/s1. The van der Waals surface area contributed by atoms with E-state index in [0.29, 0.717) is 0 Å². The largest absolute Gasteiger partial charge is 0.456 e. The van der Waals surface area contributed by atoms with Crippen LogP contribution in [0.5, 0.6) is 0 Å². The predicted octanol–water partition coefficient (Wildman–Crippen LogP) is 1.65. The highest BCUT2D eigenvalue weighted by Crippen LogP contribution is 2.39. The molecule has 2 rings (SSSR count). The lowest BCUT2D eigenvalue weighted by Crippen LogP contribution is -2.51. The number of nitro groups is 1. The maximum Gasteiger partial charge on any atom is 0.283 e. The van der Waals surface area contributed by atoms with Crippen molar-refractivity contribution in [2.75, 3.05) is 13.7 Å². The quantitative estimate of drug-likeness (QED) is 0.672. The monoisotopic (exact) mass is 315 g/mol. The summed E-state index contributed by atoms with van der Waals surface area (Å²) in [5.41, 5.74) is 3.15. The number of nitro benzene ring substituents is 1. The minimum Gasteiger partial charge on any atom is -0.456 e. The third-order valence-corrected chi connectivity index (χ3v) is 3.51. The highest BCUT2D eigenvalue weighted by Gasteiger charge is 2.48. The molecule has 0 radical (unpaired) electrons. The molecule has 0 saturated heterocycles. The van der Waals surface area contributed by atoms with E-state index in [2.05, 4.69) is 4.99 Å². The van der Waals surface area contributed by atoms with E-state index < -0.39 is 28.6 Å². The molecule has 2 N–H and O–H groups in total. The summed E-state index contributed by atoms with van der Waals surface area (Å²) in [5.74, 6) is -0.814. The number of benzene rings is 1. The average Bonchev–Trinajstić information content (AvgIpc) is 2.44. The van der Waals surface area contributed by atoms with Gasteiger partial charge in [-0.3, -0.25) is 10.1 Å². The molecule has 1 aromatic carbocycles. The number of methoxy groups -OCH3 is 1. The molecule has 1 aliphatic heterocycles. The van der Waals surface area contributed by atoms with Crippen LogP contribution >= 0.6 is 0 Å². The topological polar surface area (TPSA) is 100.0 Å². The highest BCUT2D eigenvalue weighted by molar-refractivity contribution is 5.73. The third kappa shape index (κ3) is 2.71. The second-order valence-corrected chi connectivity index (χ2v) is 5.03. The fraction of sp³-hybridized carbons (Fsp3) is 0.462. The van der Waals surface area contributed by atoms with Crippen molar-refractivity contribution in [3.63, 3.8) is 0 Å². The number of hydrogen-bond donors (Lipinski definition) is 1. The van der Waals surface area contributed by atoms with Gasteiger partial charge >= 0.3 is 0 Å². The number of hydrogen-bond acceptors (Lipinski definition) is 6. The van der Waals surface area contributed by atoms with Crippen LogP contribution in [-0.4, -0.2) is 36.9 Å². The van der Waals surface area contributed by atoms with Gasteiger partial charge in [0.05, 0.1) is 11.5 Å². The number of ether oxygens (including phenoxy) is 2. The van der Waals surface area contributed by atoms with Gasteiger partial charge in [-0.15, -0.1) is 0 Å². The first-order chi connectivity index (χ1) is 10.3. The van der Waals surface area contributed by atoms with Gasteiger partial charge in [0.25, 0.3) is 11.7 Å². The van der Waals surface area contributed by atoms with Gasteiger partial charge in [0.1, 0.15) is 11.4 Å². The molecule has 7 nitrogen and oxygen atoms in total. The Morgan fingerprint density at radius 1 is 1.59 bits per heavy atom. The number of alkyl halides is 1. The fourth-order valence-corrected chi connectivity index (χ4v) is 2.40. The van der Waals surface area contributed by atoms with Crippen LogP contribution in [0.15, 0.2) is 23.2 Å². The molecule has 22 heavy (non-hydrogen) atoms. The van der Waals surface area contributed by atoms with Gasteiger partial charge < -0.3 is 15.2 Å². The van der Waals surface area contributed by atoms with Crippen molar-refractivity contribution in [2.45, 2.75) is 24.7 Å². The van der Waals surface area contributed by atoms with Crippen LogP contribution in [0.2, 0.25) is 0 Å². The lowest BCUT2D eigenvalue weighted by atomic mass is 9.84. The van der Waals surface area contributed by atoms with E-state index in [1.807, 2.05) is 0 Å². The summed E-state index contributed by atoms with van der Waals surface area (Å²) in [5, 5.41) is 10.8. The molecule has 0 saturated carbocycles. The molecule has 0 bridgehead atoms. The van der Waals surface area contributed by atoms with E-state index in [4.69, 9.17) is 15.2 Å². The smallest absolute Gasteiger partial charge is 0.283 e. The maximum absolute atomic E-state index is 14.8. The Kier molecular flexibility index (Phi) is 4.27. The van der Waals surface area contributed by atoms with Crippen molar-refractivity contribution in [2.24, 2.45) is 10.7 Å². The number of rotatable bonds is 4. The molecule has 9 heteroatoms. The van der Waals surface area contributed by atoms with Gasteiger partial charge in [0, 0.05) is 24.8 Å². The Bertz CT molecular complexity index is 625. The van der Waals surface area contributed by atoms with Crippen LogP contribution in [-0.2, 0) is 15.0 Å². The second-order valence-electron chi connectivity index (χ2n) is 5.03. The maximum atomic E-state index is 14.8. The normalized spacial score (nSPS) is 27.9. The summed E-state index contributed by atoms with van der Waals surface area (Å²) in [6, 6.07) is 2.52. The SMILES string of the molecule is COC[C@H]1OC(N)=N[C@](C)(c2cc([N+](=O)[O-])ccc2F)[C@H]1F. The molecule has 0 aromatic heterocycles. The van der Waals surface area contributed by atoms with Crippen LogP contribution < -0.4 is 5.73 Å². The molecular weight excluding hydrogens is 300 g/mol. The number of aliphatic imine (C=N–C) groups is 1. The average molecular weight is 315 g/mol. The molecule has 120 valence electrons. The van der Waals surface area contributed by atoms with Gasteiger partial charge in [-0.1, -0.05) is 0 Å². The summed E-state index contributed by atoms with van der Waals surface area (Å²) < 4.78 is 38.7. The Balaban J connectivity index is 2.55. The first-order valence-electron chi connectivity index (χ1n) is 6.39. The summed E-state index contributed by atoms with van der Waals surface area (Å²) in [7, 11) is 1.35. The molecule has 1 aliphatic rings. The first kappa shape index (κ1) is 16.1. The molecule has 1 heterocycles. The van der Waals surface area contributed by atoms with Gasteiger partial charge in [-0.25, -0.2) is 13.8 Å². The van der Waals surface area contributed by atoms with Crippen molar-refractivity contribution in [3.8, 4) is 0 Å². The van der Waals surface area contributed by atoms with Crippen molar-refractivity contribution < 1.29 is 23.2 Å². The van der Waals surface area contributed by atoms with Gasteiger partial charge in [0.15, 0.2) is 12.3 Å². The molecule has 1 aromatic rings. The fourth-order valence-electron chi connectivity index (χ4n) is 2.40. The molecular formula is C13H15F2N3O4. The molecule has 0 amide bonds. The van der Waals surface area contributed by atoms with E-state index in [1.165, 1.54) is 14.0 Å². The van der Waals surface area contributed by atoms with Crippen LogP contribution in [0.3, 0.4) is 0 Å². The number of nitrogens with zero attached hydrogens (tertiary/aromatic N) is 2. The number of non-ortho nitro benzene ring substituents is 1. The van der Waals surface area contributed by atoms with E-state index in [0.717, 1.165) is 18.2 Å². The minimum atomic E-state index is -1.80. The van der Waals surface area contributed by atoms with Crippen molar-refractivity contribution in [1.29, 1.82) is 0 Å². The van der Waals surface area contributed by atoms with Crippen molar-refractivity contribution in [3.05, 3.63) is 39.7 Å². The Morgan fingerprint density at radius 2 is 2.27 bits per heavy atom. The zero-order chi connectivity index (χ0) is 16.5. The minimum absolute atomic E-state index is 0.122. The number of nitrogens with two attached hydrogens (primary N) is 1. The molecule has 0 fully saturated rings. The number of amidine groups is 1. The van der Waals surface area contributed by atoms with Crippen LogP contribution in [0, 0.1) is 15.9 Å². The summed E-state index contributed by atoms with van der Waals surface area (Å²) >= 11 is 0. The van der Waals surface area contributed by atoms with Crippen molar-refractivity contribution >= 4 is 11.7 Å². The van der Waals surface area contributed by atoms with Gasteiger partial charge in [0.2, 0.25) is 0 Å². The molecule has 0 spiro atoms. The second kappa shape index (κ2) is 5.84. The van der Waals surface area contributed by atoms with Gasteiger partial charge in [-0.2, -0.15) is 0 Å². The van der Waals surface area contributed by atoms with Crippen molar-refractivity contribution in [1.82, 2.24) is 0 Å². The third-order valence-electron chi connectivity index (χ3n) is 3.51. The van der Waals surface area contributed by atoms with E-state index in [-0.39, 0.29) is 23.9 Å². The zero-order valence-corrected chi connectivity index (χ0v) is 12.0. The molecule has 3 atom stereocenters. The van der Waals surface area contributed by atoms with Crippen LogP contribution in [0.25, 0.3) is 0 Å². The van der Waals surface area contributed by atoms with Crippen LogP contribution in [0.4, 0.5) is 14.5 Å². The Labute approximate surface area is 124 Å². The molecule has 0 aliphatic carbocycles. The van der Waals surface area contributed by atoms with Gasteiger partial charge in [-0.05, 0) is 13.0 Å². The zero-order valence-electron chi connectivity index (χ0n) is 12.0. The summed E-state index contributed by atoms with van der Waals surface area (Å²) in [6.45, 7) is 1.18. The Hall–Kier alpha value is -2.29. The number of halogens is 2. The van der Waals surface area contributed by atoms with Crippen LogP contribution in [0.1, 0.15) is 12.5 Å². The summed E-state index contributed by atoms with van der Waals surface area (Å²) in [6.07, 6.45) is -2.89. The molecule has 0 unspecified atom stereocenters. The lowest BCUT2D eigenvalue weighted by molar-refractivity contribution is -0.385. The van der Waals surface area contributed by atoms with E-state index in [1.54, 1.807) is 0 Å². The highest BCUT2D eigenvalue weighted by atomic mass is 19.1.